The Labute approximate surface area is 135 Å². The van der Waals surface area contributed by atoms with E-state index in [1.165, 1.54) is 11.3 Å². The van der Waals surface area contributed by atoms with Crippen LogP contribution in [0.1, 0.15) is 44.4 Å². The van der Waals surface area contributed by atoms with Crippen LogP contribution in [0.5, 0.6) is 0 Å². The molecule has 0 aliphatic heterocycles. The van der Waals surface area contributed by atoms with Crippen LogP contribution < -0.4 is 10.2 Å². The SMILES string of the molecule is CCOC(=O)c1cc(CC)sc1NC(=O)c1sc(=O)[nH]c1C. The molecule has 1 amide bonds. The Hall–Kier alpha value is -1.93. The number of esters is 1. The Morgan fingerprint density at radius 1 is 1.32 bits per heavy atom. The van der Waals surface area contributed by atoms with E-state index in [4.69, 9.17) is 4.74 Å². The first-order valence-corrected chi connectivity index (χ1v) is 8.40. The number of amides is 1. The molecular weight excluding hydrogens is 324 g/mol. The van der Waals surface area contributed by atoms with Crippen LogP contribution in [0.15, 0.2) is 10.9 Å². The second kappa shape index (κ2) is 6.89. The third-order valence-electron chi connectivity index (χ3n) is 2.89. The maximum atomic E-state index is 12.3. The molecule has 0 aromatic carbocycles. The number of anilines is 1. The number of rotatable bonds is 5. The van der Waals surface area contributed by atoms with E-state index in [-0.39, 0.29) is 11.5 Å². The van der Waals surface area contributed by atoms with Crippen molar-refractivity contribution in [2.75, 3.05) is 11.9 Å². The van der Waals surface area contributed by atoms with Gasteiger partial charge in [-0.1, -0.05) is 18.3 Å². The average Bonchev–Trinajstić information content (AvgIpc) is 3.02. The largest absolute Gasteiger partial charge is 0.462 e. The van der Waals surface area contributed by atoms with Crippen LogP contribution in [-0.4, -0.2) is 23.5 Å². The van der Waals surface area contributed by atoms with Crippen LogP contribution >= 0.6 is 22.7 Å². The van der Waals surface area contributed by atoms with E-state index in [1.54, 1.807) is 19.9 Å². The third-order valence-corrected chi connectivity index (χ3v) is 5.06. The predicted octanol–water partition coefficient (Wildman–Crippen LogP) is 2.80. The number of aryl methyl sites for hydroxylation is 2. The Balaban J connectivity index is 2.30. The molecule has 22 heavy (non-hydrogen) atoms. The number of thiazole rings is 1. The minimum absolute atomic E-state index is 0.266. The molecule has 0 saturated carbocycles. The van der Waals surface area contributed by atoms with Gasteiger partial charge in [0.1, 0.15) is 9.88 Å². The highest BCUT2D eigenvalue weighted by atomic mass is 32.1. The van der Waals surface area contributed by atoms with Crippen LogP contribution in [0.4, 0.5) is 5.00 Å². The number of aromatic amines is 1. The zero-order chi connectivity index (χ0) is 16.3. The minimum atomic E-state index is -0.465. The molecule has 0 radical (unpaired) electrons. The van der Waals surface area contributed by atoms with Crippen molar-refractivity contribution in [3.63, 3.8) is 0 Å². The van der Waals surface area contributed by atoms with Gasteiger partial charge in [0.15, 0.2) is 0 Å². The highest BCUT2D eigenvalue weighted by molar-refractivity contribution is 7.17. The molecule has 8 heteroatoms. The first kappa shape index (κ1) is 16.4. The van der Waals surface area contributed by atoms with Crippen LogP contribution in [0.25, 0.3) is 0 Å². The summed E-state index contributed by atoms with van der Waals surface area (Å²) in [6.45, 7) is 5.62. The van der Waals surface area contributed by atoms with Crippen molar-refractivity contribution in [3.05, 3.63) is 36.7 Å². The molecule has 2 heterocycles. The number of aromatic nitrogens is 1. The maximum Gasteiger partial charge on any atom is 0.341 e. The van der Waals surface area contributed by atoms with Crippen molar-refractivity contribution >= 4 is 39.6 Å². The summed E-state index contributed by atoms with van der Waals surface area (Å²) in [7, 11) is 0. The van der Waals surface area contributed by atoms with E-state index in [2.05, 4.69) is 10.3 Å². The normalized spacial score (nSPS) is 10.5. The zero-order valence-corrected chi connectivity index (χ0v) is 14.1. The lowest BCUT2D eigenvalue weighted by atomic mass is 10.2. The summed E-state index contributed by atoms with van der Waals surface area (Å²) in [5.41, 5.74) is 0.857. The maximum absolute atomic E-state index is 12.3. The minimum Gasteiger partial charge on any atom is -0.462 e. The number of H-pyrrole nitrogens is 1. The predicted molar refractivity (Wildman–Crippen MR) is 87.3 cm³/mol. The van der Waals surface area contributed by atoms with Gasteiger partial charge in [-0.3, -0.25) is 9.59 Å². The number of ether oxygens (including phenoxy) is 1. The van der Waals surface area contributed by atoms with Gasteiger partial charge in [0.05, 0.1) is 12.2 Å². The number of thiophene rings is 1. The van der Waals surface area contributed by atoms with E-state index in [0.717, 1.165) is 22.6 Å². The lowest BCUT2D eigenvalue weighted by Crippen LogP contribution is -2.14. The van der Waals surface area contributed by atoms with Crippen molar-refractivity contribution in [3.8, 4) is 0 Å². The quantitative estimate of drug-likeness (QED) is 0.819. The van der Waals surface area contributed by atoms with Gasteiger partial charge in [0.25, 0.3) is 5.91 Å². The molecule has 0 unspecified atom stereocenters. The van der Waals surface area contributed by atoms with Crippen LogP contribution in [0.3, 0.4) is 0 Å². The monoisotopic (exact) mass is 340 g/mol. The molecule has 2 N–H and O–H groups in total. The van der Waals surface area contributed by atoms with Crippen LogP contribution in [-0.2, 0) is 11.2 Å². The molecule has 0 spiro atoms. The van der Waals surface area contributed by atoms with E-state index in [0.29, 0.717) is 21.1 Å². The number of hydrogen-bond acceptors (Lipinski definition) is 6. The highest BCUT2D eigenvalue weighted by Crippen LogP contribution is 2.30. The summed E-state index contributed by atoms with van der Waals surface area (Å²) < 4.78 is 5.00. The summed E-state index contributed by atoms with van der Waals surface area (Å²) in [6, 6.07) is 1.73. The number of hydrogen-bond donors (Lipinski definition) is 2. The molecule has 2 aromatic heterocycles. The first-order chi connectivity index (χ1) is 10.5. The van der Waals surface area contributed by atoms with E-state index in [1.807, 2.05) is 6.92 Å². The third kappa shape index (κ3) is 3.45. The van der Waals surface area contributed by atoms with Gasteiger partial charge in [-0.25, -0.2) is 4.79 Å². The molecule has 0 bridgehead atoms. The fourth-order valence-electron chi connectivity index (χ4n) is 1.85. The summed E-state index contributed by atoms with van der Waals surface area (Å²) in [5.74, 6) is -0.872. The Bertz CT molecular complexity index is 757. The Morgan fingerprint density at radius 3 is 2.59 bits per heavy atom. The molecule has 2 aromatic rings. The van der Waals surface area contributed by atoms with Crippen molar-refractivity contribution < 1.29 is 14.3 Å². The molecular formula is C14H16N2O4S2. The van der Waals surface area contributed by atoms with Gasteiger partial charge < -0.3 is 15.0 Å². The van der Waals surface area contributed by atoms with E-state index < -0.39 is 11.9 Å². The van der Waals surface area contributed by atoms with Crippen molar-refractivity contribution in [1.29, 1.82) is 0 Å². The molecule has 0 atom stereocenters. The second-order valence-electron chi connectivity index (χ2n) is 4.45. The standard InChI is InChI=1S/C14H16N2O4S2/c1-4-8-6-9(13(18)20-5-2)12(21-8)16-11(17)10-7(3)15-14(19)22-10/h6H,4-5H2,1-3H3,(H,15,19)(H,16,17). The Morgan fingerprint density at radius 2 is 2.05 bits per heavy atom. The van der Waals surface area contributed by atoms with Gasteiger partial charge in [-0.2, -0.15) is 0 Å². The van der Waals surface area contributed by atoms with Crippen LogP contribution in [0, 0.1) is 6.92 Å². The first-order valence-electron chi connectivity index (χ1n) is 6.77. The van der Waals surface area contributed by atoms with E-state index >= 15 is 0 Å². The average molecular weight is 340 g/mol. The molecule has 2 rings (SSSR count). The molecule has 0 saturated heterocycles. The molecule has 0 aliphatic rings. The van der Waals surface area contributed by atoms with Gasteiger partial charge in [-0.15, -0.1) is 11.3 Å². The summed E-state index contributed by atoms with van der Waals surface area (Å²) in [5, 5.41) is 3.15. The fraction of sp³-hybridized carbons (Fsp3) is 0.357. The molecule has 6 nitrogen and oxygen atoms in total. The number of carbonyl (C=O) groups is 2. The van der Waals surface area contributed by atoms with Crippen molar-refractivity contribution in [2.45, 2.75) is 27.2 Å². The molecule has 118 valence electrons. The lowest BCUT2D eigenvalue weighted by Gasteiger charge is -2.05. The van der Waals surface area contributed by atoms with Gasteiger partial charge in [0, 0.05) is 10.6 Å². The number of nitrogens with one attached hydrogen (secondary N) is 2. The topological polar surface area (TPSA) is 88.3 Å². The van der Waals surface area contributed by atoms with Gasteiger partial charge in [-0.05, 0) is 26.3 Å². The summed E-state index contributed by atoms with van der Waals surface area (Å²) in [6.07, 6.45) is 0.753. The lowest BCUT2D eigenvalue weighted by molar-refractivity contribution is 0.0528. The van der Waals surface area contributed by atoms with Crippen molar-refractivity contribution in [2.24, 2.45) is 0 Å². The smallest absolute Gasteiger partial charge is 0.341 e. The van der Waals surface area contributed by atoms with E-state index in [9.17, 15) is 14.4 Å². The fourth-order valence-corrected chi connectivity index (χ4v) is 3.57. The van der Waals surface area contributed by atoms with Gasteiger partial charge >= 0.3 is 10.8 Å². The summed E-state index contributed by atoms with van der Waals surface area (Å²) in [4.78, 5) is 39.1. The second-order valence-corrected chi connectivity index (χ2v) is 6.57. The molecule has 0 aliphatic carbocycles. The van der Waals surface area contributed by atoms with Gasteiger partial charge in [0.2, 0.25) is 0 Å². The van der Waals surface area contributed by atoms with Crippen molar-refractivity contribution in [1.82, 2.24) is 4.98 Å². The summed E-state index contributed by atoms with van der Waals surface area (Å²) >= 11 is 2.18. The molecule has 0 fully saturated rings. The number of carbonyl (C=O) groups excluding carboxylic acids is 2. The zero-order valence-electron chi connectivity index (χ0n) is 12.4. The van der Waals surface area contributed by atoms with Crippen LogP contribution in [0.2, 0.25) is 0 Å². The Kier molecular flexibility index (Phi) is 5.15. The highest BCUT2D eigenvalue weighted by Gasteiger charge is 2.21.